The first-order valence-electron chi connectivity index (χ1n) is 8.56. The van der Waals surface area contributed by atoms with E-state index in [1.54, 1.807) is 6.20 Å². The second-order valence-corrected chi connectivity index (χ2v) is 6.47. The summed E-state index contributed by atoms with van der Waals surface area (Å²) in [5, 5.41) is 0. The molecule has 2 aromatic heterocycles. The first-order valence-corrected chi connectivity index (χ1v) is 8.56. The highest BCUT2D eigenvalue weighted by atomic mass is 16.4. The fraction of sp³-hybridized carbons (Fsp3) is 0.588. The van der Waals surface area contributed by atoms with E-state index in [0.29, 0.717) is 23.2 Å². The summed E-state index contributed by atoms with van der Waals surface area (Å²) in [6.07, 6.45) is 7.53. The summed E-state index contributed by atoms with van der Waals surface area (Å²) in [5.41, 5.74) is 1.35. The maximum absolute atomic E-state index is 12.6. The van der Waals surface area contributed by atoms with Gasteiger partial charge in [-0.3, -0.25) is 4.79 Å². The van der Waals surface area contributed by atoms with E-state index >= 15 is 0 Å². The highest BCUT2D eigenvalue weighted by Crippen LogP contribution is 2.26. The molecule has 1 aliphatic carbocycles. The number of carbonyl (C=O) groups excluding carboxylic acids is 1. The van der Waals surface area contributed by atoms with Gasteiger partial charge in [0.25, 0.3) is 6.01 Å². The molecule has 1 amide bonds. The number of piperazine rings is 1. The van der Waals surface area contributed by atoms with Gasteiger partial charge in [0.05, 0.1) is 0 Å². The van der Waals surface area contributed by atoms with Crippen LogP contribution >= 0.6 is 0 Å². The number of fused-ring (bicyclic) bond motifs is 1. The second kappa shape index (κ2) is 6.18. The number of aromatic nitrogens is 2. The van der Waals surface area contributed by atoms with Gasteiger partial charge in [-0.25, -0.2) is 4.98 Å². The molecule has 6 nitrogen and oxygen atoms in total. The number of carbonyl (C=O) groups is 1. The summed E-state index contributed by atoms with van der Waals surface area (Å²) >= 11 is 0. The molecule has 1 saturated heterocycles. The molecule has 0 unspecified atom stereocenters. The molecule has 1 aliphatic heterocycles. The molecule has 0 radical (unpaired) electrons. The van der Waals surface area contributed by atoms with E-state index in [0.717, 1.165) is 39.0 Å². The lowest BCUT2D eigenvalue weighted by atomic mass is 9.88. The first-order chi connectivity index (χ1) is 11.3. The quantitative estimate of drug-likeness (QED) is 0.852. The predicted molar refractivity (Wildman–Crippen MR) is 87.2 cm³/mol. The number of pyridine rings is 1. The Balaban J connectivity index is 1.39. The van der Waals surface area contributed by atoms with Gasteiger partial charge in [-0.05, 0) is 25.0 Å². The molecule has 23 heavy (non-hydrogen) atoms. The predicted octanol–water partition coefficient (Wildman–Crippen LogP) is 2.45. The van der Waals surface area contributed by atoms with Gasteiger partial charge in [0.2, 0.25) is 11.6 Å². The summed E-state index contributed by atoms with van der Waals surface area (Å²) in [4.78, 5) is 25.4. The van der Waals surface area contributed by atoms with E-state index in [4.69, 9.17) is 4.42 Å². The molecule has 122 valence electrons. The molecule has 6 heteroatoms. The van der Waals surface area contributed by atoms with Crippen LogP contribution in [-0.2, 0) is 4.79 Å². The lowest BCUT2D eigenvalue weighted by Crippen LogP contribution is -2.50. The van der Waals surface area contributed by atoms with Crippen molar-refractivity contribution in [1.29, 1.82) is 0 Å². The van der Waals surface area contributed by atoms with Crippen molar-refractivity contribution >= 4 is 23.2 Å². The molecule has 3 heterocycles. The molecule has 2 fully saturated rings. The Kier molecular flexibility index (Phi) is 3.89. The molecule has 0 N–H and O–H groups in total. The fourth-order valence-corrected chi connectivity index (χ4v) is 3.62. The van der Waals surface area contributed by atoms with E-state index in [1.807, 2.05) is 17.0 Å². The Hall–Kier alpha value is -2.11. The van der Waals surface area contributed by atoms with Crippen molar-refractivity contribution in [2.75, 3.05) is 31.1 Å². The van der Waals surface area contributed by atoms with Crippen molar-refractivity contribution in [3.63, 3.8) is 0 Å². The van der Waals surface area contributed by atoms with Crippen molar-refractivity contribution in [3.8, 4) is 0 Å². The van der Waals surface area contributed by atoms with Crippen LogP contribution in [-0.4, -0.2) is 47.0 Å². The third-order valence-corrected chi connectivity index (χ3v) is 4.97. The Labute approximate surface area is 135 Å². The molecular weight excluding hydrogens is 292 g/mol. The maximum atomic E-state index is 12.6. The fourth-order valence-electron chi connectivity index (χ4n) is 3.62. The SMILES string of the molecule is O=C(C1CCCCC1)N1CCN(c2nc3ncccc3o2)CC1. The highest BCUT2D eigenvalue weighted by molar-refractivity contribution is 5.79. The Bertz CT molecular complexity index is 652. The third kappa shape index (κ3) is 2.90. The van der Waals surface area contributed by atoms with Crippen LogP contribution in [0.15, 0.2) is 22.7 Å². The summed E-state index contributed by atoms with van der Waals surface area (Å²) in [6.45, 7) is 3.04. The minimum Gasteiger partial charge on any atom is -0.422 e. The maximum Gasteiger partial charge on any atom is 0.300 e. The standard InChI is InChI=1S/C17H22N4O2/c22-16(13-5-2-1-3-6-13)20-9-11-21(12-10-20)17-19-15-14(23-17)7-4-8-18-15/h4,7-8,13H,1-3,5-6,9-12H2. The summed E-state index contributed by atoms with van der Waals surface area (Å²) < 4.78 is 5.77. The topological polar surface area (TPSA) is 62.5 Å². The average molecular weight is 314 g/mol. The molecule has 0 aromatic carbocycles. The van der Waals surface area contributed by atoms with E-state index in [9.17, 15) is 4.79 Å². The van der Waals surface area contributed by atoms with Crippen molar-refractivity contribution < 1.29 is 9.21 Å². The van der Waals surface area contributed by atoms with Gasteiger partial charge < -0.3 is 14.2 Å². The lowest BCUT2D eigenvalue weighted by molar-refractivity contribution is -0.136. The Morgan fingerprint density at radius 2 is 1.91 bits per heavy atom. The third-order valence-electron chi connectivity index (χ3n) is 4.97. The zero-order valence-corrected chi connectivity index (χ0v) is 13.3. The minimum atomic E-state index is 0.254. The number of oxazole rings is 1. The minimum absolute atomic E-state index is 0.254. The van der Waals surface area contributed by atoms with Gasteiger partial charge in [0.15, 0.2) is 5.58 Å². The Morgan fingerprint density at radius 3 is 2.65 bits per heavy atom. The van der Waals surface area contributed by atoms with E-state index in [-0.39, 0.29) is 5.92 Å². The van der Waals surface area contributed by atoms with Crippen LogP contribution in [0.1, 0.15) is 32.1 Å². The smallest absolute Gasteiger partial charge is 0.300 e. The number of hydrogen-bond acceptors (Lipinski definition) is 5. The van der Waals surface area contributed by atoms with Gasteiger partial charge in [0.1, 0.15) is 0 Å². The highest BCUT2D eigenvalue weighted by Gasteiger charge is 2.29. The molecule has 1 saturated carbocycles. The monoisotopic (exact) mass is 314 g/mol. The van der Waals surface area contributed by atoms with Gasteiger partial charge in [-0.1, -0.05) is 19.3 Å². The number of hydrogen-bond donors (Lipinski definition) is 0. The van der Waals surface area contributed by atoms with Crippen molar-refractivity contribution in [2.24, 2.45) is 5.92 Å². The van der Waals surface area contributed by atoms with E-state index in [1.165, 1.54) is 19.3 Å². The zero-order valence-electron chi connectivity index (χ0n) is 13.3. The van der Waals surface area contributed by atoms with Crippen LogP contribution in [0.5, 0.6) is 0 Å². The van der Waals surface area contributed by atoms with Crippen LogP contribution < -0.4 is 4.90 Å². The molecule has 2 aliphatic rings. The van der Waals surface area contributed by atoms with Crippen LogP contribution in [0.25, 0.3) is 11.2 Å². The number of amides is 1. The van der Waals surface area contributed by atoms with Crippen molar-refractivity contribution in [3.05, 3.63) is 18.3 Å². The molecule has 4 rings (SSSR count). The van der Waals surface area contributed by atoms with Crippen LogP contribution in [0, 0.1) is 5.92 Å². The second-order valence-electron chi connectivity index (χ2n) is 6.47. The largest absolute Gasteiger partial charge is 0.422 e. The lowest BCUT2D eigenvalue weighted by Gasteiger charge is -2.36. The molecule has 0 spiro atoms. The van der Waals surface area contributed by atoms with Crippen LogP contribution in [0.3, 0.4) is 0 Å². The van der Waals surface area contributed by atoms with Gasteiger partial charge in [-0.2, -0.15) is 4.98 Å². The van der Waals surface area contributed by atoms with Crippen LogP contribution in [0.2, 0.25) is 0 Å². The molecular formula is C17H22N4O2. The number of anilines is 1. The average Bonchev–Trinajstić information content (AvgIpc) is 3.06. The normalized spacial score (nSPS) is 20.2. The molecule has 2 aromatic rings. The van der Waals surface area contributed by atoms with Gasteiger partial charge in [0, 0.05) is 38.3 Å². The van der Waals surface area contributed by atoms with Crippen LogP contribution in [0.4, 0.5) is 6.01 Å². The summed E-state index contributed by atoms with van der Waals surface area (Å²) in [5.74, 6) is 0.604. The summed E-state index contributed by atoms with van der Waals surface area (Å²) in [6, 6.07) is 4.34. The number of rotatable bonds is 2. The number of nitrogens with zero attached hydrogens (tertiary/aromatic N) is 4. The van der Waals surface area contributed by atoms with Gasteiger partial charge in [-0.15, -0.1) is 0 Å². The molecule has 0 bridgehead atoms. The van der Waals surface area contributed by atoms with E-state index < -0.39 is 0 Å². The first kappa shape index (κ1) is 14.5. The summed E-state index contributed by atoms with van der Waals surface area (Å²) in [7, 11) is 0. The molecule has 0 atom stereocenters. The van der Waals surface area contributed by atoms with Crippen molar-refractivity contribution in [1.82, 2.24) is 14.9 Å². The van der Waals surface area contributed by atoms with E-state index in [2.05, 4.69) is 14.9 Å². The van der Waals surface area contributed by atoms with Crippen molar-refractivity contribution in [2.45, 2.75) is 32.1 Å². The Morgan fingerprint density at radius 1 is 1.13 bits per heavy atom. The zero-order chi connectivity index (χ0) is 15.6. The van der Waals surface area contributed by atoms with Gasteiger partial charge >= 0.3 is 0 Å².